The lowest BCUT2D eigenvalue weighted by Crippen LogP contribution is -2.12. The summed E-state index contributed by atoms with van der Waals surface area (Å²) in [5.41, 5.74) is 10.8. The Bertz CT molecular complexity index is 1820. The summed E-state index contributed by atoms with van der Waals surface area (Å²) in [5.74, 6) is 0. The van der Waals surface area contributed by atoms with Crippen LogP contribution in [0.15, 0.2) is 104 Å². The first kappa shape index (κ1) is 22.4. The molecule has 0 radical (unpaired) electrons. The number of nitrogens with zero attached hydrogens (tertiary/aromatic N) is 3. The van der Waals surface area contributed by atoms with Crippen LogP contribution in [-0.2, 0) is 13.1 Å². The maximum Gasteiger partial charge on any atom is 0.116 e. The highest BCUT2D eigenvalue weighted by molar-refractivity contribution is 6.01. The molecule has 184 valence electrons. The first-order valence-electron chi connectivity index (χ1n) is 12.8. The molecule has 4 heterocycles. The highest BCUT2D eigenvalue weighted by Crippen LogP contribution is 2.34. The zero-order chi connectivity index (χ0) is 25.3. The van der Waals surface area contributed by atoms with E-state index in [4.69, 9.17) is 0 Å². The number of H-pyrrole nitrogens is 2. The molecular weight excluding hydrogens is 468 g/mol. The number of aromatic amines is 2. The van der Waals surface area contributed by atoms with E-state index in [0.717, 1.165) is 75.0 Å². The van der Waals surface area contributed by atoms with Gasteiger partial charge in [-0.1, -0.05) is 54.6 Å². The Kier molecular flexibility index (Phi) is 5.64. The topological polar surface area (TPSA) is 82.3 Å². The molecule has 38 heavy (non-hydrogen) atoms. The van der Waals surface area contributed by atoms with Gasteiger partial charge in [0.1, 0.15) is 5.69 Å². The van der Waals surface area contributed by atoms with E-state index < -0.39 is 0 Å². The van der Waals surface area contributed by atoms with Gasteiger partial charge in [0.2, 0.25) is 0 Å². The van der Waals surface area contributed by atoms with Crippen LogP contribution in [0.3, 0.4) is 0 Å². The number of aromatic nitrogens is 5. The molecule has 0 bridgehead atoms. The number of fused-ring (bicyclic) bond motifs is 2. The Hall–Kier alpha value is -4.81. The number of hydrogen-bond acceptors (Lipinski definition) is 4. The summed E-state index contributed by atoms with van der Waals surface area (Å²) in [7, 11) is 0. The lowest BCUT2D eigenvalue weighted by atomic mass is 10.0. The summed E-state index contributed by atoms with van der Waals surface area (Å²) in [6, 6.07) is 21.2. The fourth-order valence-electron chi connectivity index (χ4n) is 5.15. The summed E-state index contributed by atoms with van der Waals surface area (Å²) in [6.45, 7) is 1.58. The second kappa shape index (κ2) is 9.57. The molecule has 4 aromatic heterocycles. The molecule has 6 aromatic rings. The molecule has 3 N–H and O–H groups in total. The van der Waals surface area contributed by atoms with Crippen LogP contribution >= 0.6 is 0 Å². The standard InChI is InChI=1S/C32H26N6/c1-2-6-21(7-3-1)15-33-16-22-12-25(18-34-17-22)24-10-11-29-27(13-24)32(38-37-29)30-14-26-28(23-8-4-5-9-23)19-35-20-31(26)36-30/h1-4,6-14,17-20,33,36H,5,15-16H2,(H,37,38). The molecule has 0 amide bonds. The van der Waals surface area contributed by atoms with Gasteiger partial charge in [-0.3, -0.25) is 15.1 Å². The van der Waals surface area contributed by atoms with Crippen molar-refractivity contribution in [1.29, 1.82) is 0 Å². The van der Waals surface area contributed by atoms with Crippen molar-refractivity contribution in [2.75, 3.05) is 0 Å². The molecule has 0 spiro atoms. The van der Waals surface area contributed by atoms with Crippen molar-refractivity contribution in [3.8, 4) is 22.5 Å². The molecule has 0 atom stereocenters. The maximum absolute atomic E-state index is 4.68. The van der Waals surface area contributed by atoms with E-state index >= 15 is 0 Å². The lowest BCUT2D eigenvalue weighted by molar-refractivity contribution is 0.691. The van der Waals surface area contributed by atoms with Crippen LogP contribution in [0.4, 0.5) is 0 Å². The quantitative estimate of drug-likeness (QED) is 0.228. The van der Waals surface area contributed by atoms with Crippen molar-refractivity contribution in [2.24, 2.45) is 0 Å². The predicted octanol–water partition coefficient (Wildman–Crippen LogP) is 6.80. The third-order valence-electron chi connectivity index (χ3n) is 7.08. The van der Waals surface area contributed by atoms with E-state index in [0.29, 0.717) is 0 Å². The summed E-state index contributed by atoms with van der Waals surface area (Å²) in [4.78, 5) is 12.5. The minimum atomic E-state index is 0.756. The molecule has 0 unspecified atom stereocenters. The highest BCUT2D eigenvalue weighted by atomic mass is 15.1. The van der Waals surface area contributed by atoms with Gasteiger partial charge >= 0.3 is 0 Å². The number of pyridine rings is 2. The number of hydrogen-bond donors (Lipinski definition) is 3. The van der Waals surface area contributed by atoms with Crippen LogP contribution in [-0.4, -0.2) is 25.1 Å². The van der Waals surface area contributed by atoms with Crippen LogP contribution in [0.5, 0.6) is 0 Å². The third kappa shape index (κ3) is 4.21. The van der Waals surface area contributed by atoms with Crippen LogP contribution in [0.1, 0.15) is 23.1 Å². The molecular formula is C32H26N6. The van der Waals surface area contributed by atoms with Crippen LogP contribution < -0.4 is 5.32 Å². The van der Waals surface area contributed by atoms with Gasteiger partial charge < -0.3 is 10.3 Å². The second-order valence-corrected chi connectivity index (χ2v) is 9.63. The molecule has 0 aliphatic heterocycles. The lowest BCUT2D eigenvalue weighted by Gasteiger charge is -2.08. The Morgan fingerprint density at radius 3 is 2.55 bits per heavy atom. The van der Waals surface area contributed by atoms with Gasteiger partial charge in [0.25, 0.3) is 0 Å². The second-order valence-electron chi connectivity index (χ2n) is 9.63. The molecule has 1 aliphatic rings. The molecule has 0 saturated carbocycles. The SMILES string of the molecule is C1=CC(c2cncc3[nH]c(-c4n[nH]c5ccc(-c6cncc(CNCc7ccccc7)c6)cc45)cc23)=CC1. The number of benzene rings is 2. The molecule has 0 fully saturated rings. The van der Waals surface area contributed by atoms with Crippen LogP contribution in [0, 0.1) is 0 Å². The normalized spacial score (nSPS) is 13.0. The van der Waals surface area contributed by atoms with E-state index in [1.165, 1.54) is 11.1 Å². The Morgan fingerprint density at radius 2 is 1.66 bits per heavy atom. The predicted molar refractivity (Wildman–Crippen MR) is 153 cm³/mol. The van der Waals surface area contributed by atoms with Crippen molar-refractivity contribution in [3.05, 3.63) is 120 Å². The van der Waals surface area contributed by atoms with Crippen molar-refractivity contribution >= 4 is 27.4 Å². The molecule has 2 aromatic carbocycles. The number of rotatable bonds is 7. The Balaban J connectivity index is 1.19. The van der Waals surface area contributed by atoms with Crippen molar-refractivity contribution < 1.29 is 0 Å². The zero-order valence-electron chi connectivity index (χ0n) is 20.8. The minimum absolute atomic E-state index is 0.756. The van der Waals surface area contributed by atoms with E-state index in [1.54, 1.807) is 0 Å². The van der Waals surface area contributed by atoms with Gasteiger partial charge in [0, 0.05) is 53.6 Å². The summed E-state index contributed by atoms with van der Waals surface area (Å²) < 4.78 is 0. The van der Waals surface area contributed by atoms with Gasteiger partial charge in [-0.2, -0.15) is 5.10 Å². The van der Waals surface area contributed by atoms with Crippen molar-refractivity contribution in [2.45, 2.75) is 19.5 Å². The first-order chi connectivity index (χ1) is 18.8. The molecule has 1 aliphatic carbocycles. The Morgan fingerprint density at radius 1 is 0.763 bits per heavy atom. The van der Waals surface area contributed by atoms with Crippen LogP contribution in [0.25, 0.3) is 49.9 Å². The van der Waals surface area contributed by atoms with Gasteiger partial charge in [-0.15, -0.1) is 0 Å². The van der Waals surface area contributed by atoms with Crippen molar-refractivity contribution in [1.82, 2.24) is 30.5 Å². The van der Waals surface area contributed by atoms with Gasteiger partial charge in [-0.25, -0.2) is 0 Å². The Labute approximate surface area is 220 Å². The average Bonchev–Trinajstić information content (AvgIpc) is 3.73. The van der Waals surface area contributed by atoms with E-state index in [1.807, 2.05) is 30.9 Å². The fraction of sp³-hybridized carbons (Fsp3) is 0.0938. The smallest absolute Gasteiger partial charge is 0.116 e. The molecule has 6 nitrogen and oxygen atoms in total. The van der Waals surface area contributed by atoms with E-state index in [9.17, 15) is 0 Å². The summed E-state index contributed by atoms with van der Waals surface area (Å²) in [6.07, 6.45) is 15.2. The van der Waals surface area contributed by atoms with Crippen molar-refractivity contribution in [3.63, 3.8) is 0 Å². The first-order valence-corrected chi connectivity index (χ1v) is 12.8. The zero-order valence-corrected chi connectivity index (χ0v) is 20.8. The van der Waals surface area contributed by atoms with Crippen LogP contribution in [0.2, 0.25) is 0 Å². The molecule has 0 saturated heterocycles. The van der Waals surface area contributed by atoms with E-state index in [-0.39, 0.29) is 0 Å². The fourth-order valence-corrected chi connectivity index (χ4v) is 5.15. The third-order valence-corrected chi connectivity index (χ3v) is 7.08. The van der Waals surface area contributed by atoms with Gasteiger partial charge in [-0.05, 0) is 52.9 Å². The number of allylic oxidation sites excluding steroid dienone is 4. The monoisotopic (exact) mass is 494 g/mol. The molecule has 7 rings (SSSR count). The average molecular weight is 495 g/mol. The molecule has 6 heteroatoms. The van der Waals surface area contributed by atoms with E-state index in [2.05, 4.69) is 103 Å². The summed E-state index contributed by atoms with van der Waals surface area (Å²) in [5, 5.41) is 13.6. The van der Waals surface area contributed by atoms with Gasteiger partial charge in [0.15, 0.2) is 0 Å². The maximum atomic E-state index is 4.68. The highest BCUT2D eigenvalue weighted by Gasteiger charge is 2.15. The number of nitrogens with one attached hydrogen (secondary N) is 3. The largest absolute Gasteiger partial charge is 0.352 e. The minimum Gasteiger partial charge on any atom is -0.352 e. The summed E-state index contributed by atoms with van der Waals surface area (Å²) >= 11 is 0. The van der Waals surface area contributed by atoms with Gasteiger partial charge in [0.05, 0.1) is 22.9 Å².